The van der Waals surface area contributed by atoms with Crippen molar-refractivity contribution in [1.82, 2.24) is 10.2 Å². The molecule has 1 amide bonds. The number of nitrogens with two attached hydrogens (primary N) is 1. The van der Waals surface area contributed by atoms with E-state index in [2.05, 4.69) is 29.2 Å². The molecule has 0 aliphatic carbocycles. The second-order valence-electron chi connectivity index (χ2n) is 5.98. The van der Waals surface area contributed by atoms with Gasteiger partial charge in [-0.2, -0.15) is 0 Å². The lowest BCUT2D eigenvalue weighted by atomic mass is 9.96. The minimum atomic E-state index is -0.0797. The van der Waals surface area contributed by atoms with Crippen LogP contribution in [-0.4, -0.2) is 51.6 Å². The summed E-state index contributed by atoms with van der Waals surface area (Å²) in [6.07, 6.45) is 2.44. The molecule has 1 saturated heterocycles. The Bertz CT molecular complexity index is 495. The Balaban J connectivity index is 2.07. The highest BCUT2D eigenvalue weighted by molar-refractivity contribution is 5.96. The molecule has 5 heteroatoms. The van der Waals surface area contributed by atoms with Gasteiger partial charge in [-0.05, 0) is 57.1 Å². The number of benzene rings is 1. The van der Waals surface area contributed by atoms with Gasteiger partial charge in [-0.1, -0.05) is 0 Å². The normalized spacial score (nSPS) is 16.7. The van der Waals surface area contributed by atoms with Gasteiger partial charge in [0, 0.05) is 26.2 Å². The Morgan fingerprint density at radius 2 is 2.10 bits per heavy atom. The fourth-order valence-electron chi connectivity index (χ4n) is 2.89. The van der Waals surface area contributed by atoms with Crippen LogP contribution in [0.4, 0.5) is 11.4 Å². The predicted molar refractivity (Wildman–Crippen MR) is 87.7 cm³/mol. The monoisotopic (exact) mass is 290 g/mol. The molecule has 0 aromatic heterocycles. The Kier molecular flexibility index (Phi) is 5.07. The molecule has 1 aromatic carbocycles. The molecule has 0 atom stereocenters. The number of piperidine rings is 1. The van der Waals surface area contributed by atoms with Gasteiger partial charge in [-0.25, -0.2) is 0 Å². The molecule has 1 aliphatic heterocycles. The molecule has 2 rings (SSSR count). The molecular formula is C16H26N4O. The first kappa shape index (κ1) is 15.6. The van der Waals surface area contributed by atoms with Crippen LogP contribution in [0.3, 0.4) is 0 Å². The second kappa shape index (κ2) is 6.80. The summed E-state index contributed by atoms with van der Waals surface area (Å²) in [6.45, 7) is 3.30. The Hall–Kier alpha value is -1.75. The zero-order valence-electron chi connectivity index (χ0n) is 13.2. The topological polar surface area (TPSA) is 61.6 Å². The van der Waals surface area contributed by atoms with Crippen LogP contribution >= 0.6 is 0 Å². The smallest absolute Gasteiger partial charge is 0.251 e. The number of nitrogens with zero attached hydrogens (tertiary/aromatic N) is 2. The van der Waals surface area contributed by atoms with E-state index in [9.17, 15) is 4.79 Å². The highest BCUT2D eigenvalue weighted by Gasteiger charge is 2.19. The summed E-state index contributed by atoms with van der Waals surface area (Å²) in [6, 6.07) is 5.45. The fourth-order valence-corrected chi connectivity index (χ4v) is 2.89. The predicted octanol–water partition coefficient (Wildman–Crippen LogP) is 1.41. The zero-order valence-corrected chi connectivity index (χ0v) is 13.2. The Morgan fingerprint density at radius 3 is 2.71 bits per heavy atom. The van der Waals surface area contributed by atoms with Crippen LogP contribution in [0.15, 0.2) is 18.2 Å². The number of anilines is 2. The van der Waals surface area contributed by atoms with Crippen LogP contribution in [0.25, 0.3) is 0 Å². The molecule has 116 valence electrons. The summed E-state index contributed by atoms with van der Waals surface area (Å²) < 4.78 is 0. The number of amides is 1. The van der Waals surface area contributed by atoms with E-state index in [4.69, 9.17) is 5.73 Å². The standard InChI is InChI=1S/C16H26N4O/c1-18-16(21)13-4-5-14(17)15(10-13)20(3)11-12-6-8-19(2)9-7-12/h4-5,10,12H,6-9,11,17H2,1-3H3,(H,18,21). The summed E-state index contributed by atoms with van der Waals surface area (Å²) >= 11 is 0. The van der Waals surface area contributed by atoms with E-state index in [1.165, 1.54) is 12.8 Å². The minimum absolute atomic E-state index is 0.0797. The van der Waals surface area contributed by atoms with Crippen molar-refractivity contribution in [3.8, 4) is 0 Å². The van der Waals surface area contributed by atoms with E-state index in [0.29, 0.717) is 11.5 Å². The van der Waals surface area contributed by atoms with Crippen molar-refractivity contribution in [2.45, 2.75) is 12.8 Å². The van der Waals surface area contributed by atoms with Crippen LogP contribution < -0.4 is 16.0 Å². The van der Waals surface area contributed by atoms with E-state index in [0.717, 1.165) is 31.0 Å². The minimum Gasteiger partial charge on any atom is -0.397 e. The maximum absolute atomic E-state index is 11.7. The van der Waals surface area contributed by atoms with Gasteiger partial charge in [0.1, 0.15) is 0 Å². The Morgan fingerprint density at radius 1 is 1.43 bits per heavy atom. The van der Waals surface area contributed by atoms with Crippen molar-refractivity contribution >= 4 is 17.3 Å². The van der Waals surface area contributed by atoms with Crippen molar-refractivity contribution in [3.05, 3.63) is 23.8 Å². The molecule has 0 radical (unpaired) electrons. The van der Waals surface area contributed by atoms with E-state index in [-0.39, 0.29) is 5.91 Å². The molecular weight excluding hydrogens is 264 g/mol. The van der Waals surface area contributed by atoms with Gasteiger partial charge >= 0.3 is 0 Å². The third-order valence-corrected chi connectivity index (χ3v) is 4.30. The third-order valence-electron chi connectivity index (χ3n) is 4.30. The second-order valence-corrected chi connectivity index (χ2v) is 5.98. The highest BCUT2D eigenvalue weighted by Crippen LogP contribution is 2.26. The molecule has 1 heterocycles. The number of hydrogen-bond donors (Lipinski definition) is 2. The van der Waals surface area contributed by atoms with Crippen molar-refractivity contribution in [1.29, 1.82) is 0 Å². The molecule has 0 saturated carbocycles. The SMILES string of the molecule is CNC(=O)c1ccc(N)c(N(C)CC2CCN(C)CC2)c1. The molecule has 0 unspecified atom stereocenters. The lowest BCUT2D eigenvalue weighted by Gasteiger charge is -2.33. The molecule has 1 aromatic rings. The van der Waals surface area contributed by atoms with Gasteiger partial charge in [0.2, 0.25) is 0 Å². The van der Waals surface area contributed by atoms with Gasteiger partial charge in [0.15, 0.2) is 0 Å². The molecule has 21 heavy (non-hydrogen) atoms. The number of rotatable bonds is 4. The van der Waals surface area contributed by atoms with E-state index < -0.39 is 0 Å². The number of carbonyl (C=O) groups is 1. The summed E-state index contributed by atoms with van der Waals surface area (Å²) in [4.78, 5) is 16.3. The largest absolute Gasteiger partial charge is 0.397 e. The lowest BCUT2D eigenvalue weighted by Crippen LogP contribution is -2.36. The number of nitrogen functional groups attached to an aromatic ring is 1. The van der Waals surface area contributed by atoms with Crippen molar-refractivity contribution in [2.75, 3.05) is 51.4 Å². The zero-order chi connectivity index (χ0) is 15.4. The van der Waals surface area contributed by atoms with Gasteiger partial charge < -0.3 is 20.9 Å². The van der Waals surface area contributed by atoms with Crippen LogP contribution in [0.1, 0.15) is 23.2 Å². The van der Waals surface area contributed by atoms with Crippen LogP contribution in [-0.2, 0) is 0 Å². The van der Waals surface area contributed by atoms with E-state index in [1.807, 2.05) is 12.1 Å². The lowest BCUT2D eigenvalue weighted by molar-refractivity contribution is 0.0963. The van der Waals surface area contributed by atoms with Crippen molar-refractivity contribution < 1.29 is 4.79 Å². The van der Waals surface area contributed by atoms with Crippen LogP contribution in [0.2, 0.25) is 0 Å². The van der Waals surface area contributed by atoms with Crippen LogP contribution in [0.5, 0.6) is 0 Å². The maximum Gasteiger partial charge on any atom is 0.251 e. The number of nitrogens with one attached hydrogen (secondary N) is 1. The number of likely N-dealkylation sites (tertiary alicyclic amines) is 1. The third kappa shape index (κ3) is 3.88. The first-order valence-electron chi connectivity index (χ1n) is 7.52. The maximum atomic E-state index is 11.7. The molecule has 1 aliphatic rings. The molecule has 3 N–H and O–H groups in total. The number of carbonyl (C=O) groups excluding carboxylic acids is 1. The molecule has 1 fully saturated rings. The Labute approximate surface area is 127 Å². The quantitative estimate of drug-likeness (QED) is 0.823. The van der Waals surface area contributed by atoms with Gasteiger partial charge in [-0.15, -0.1) is 0 Å². The van der Waals surface area contributed by atoms with Crippen molar-refractivity contribution in [3.63, 3.8) is 0 Å². The van der Waals surface area contributed by atoms with Crippen molar-refractivity contribution in [2.24, 2.45) is 5.92 Å². The first-order valence-corrected chi connectivity index (χ1v) is 7.52. The molecule has 0 spiro atoms. The summed E-state index contributed by atoms with van der Waals surface area (Å²) in [5.41, 5.74) is 8.39. The summed E-state index contributed by atoms with van der Waals surface area (Å²) in [5, 5.41) is 2.65. The summed E-state index contributed by atoms with van der Waals surface area (Å²) in [7, 11) is 5.86. The highest BCUT2D eigenvalue weighted by atomic mass is 16.1. The van der Waals surface area contributed by atoms with Gasteiger partial charge in [0.05, 0.1) is 11.4 Å². The number of hydrogen-bond acceptors (Lipinski definition) is 4. The molecule has 5 nitrogen and oxygen atoms in total. The van der Waals surface area contributed by atoms with E-state index in [1.54, 1.807) is 13.1 Å². The molecule has 0 bridgehead atoms. The first-order chi connectivity index (χ1) is 10.0. The fraction of sp³-hybridized carbons (Fsp3) is 0.562. The van der Waals surface area contributed by atoms with Gasteiger partial charge in [0.25, 0.3) is 5.91 Å². The average Bonchev–Trinajstić information content (AvgIpc) is 2.49. The van der Waals surface area contributed by atoms with Gasteiger partial charge in [-0.3, -0.25) is 4.79 Å². The summed E-state index contributed by atoms with van der Waals surface area (Å²) in [5.74, 6) is 0.609. The van der Waals surface area contributed by atoms with E-state index >= 15 is 0 Å². The van der Waals surface area contributed by atoms with Crippen LogP contribution in [0, 0.1) is 5.92 Å². The average molecular weight is 290 g/mol.